The Hall–Kier alpha value is -2.21. The smallest absolute Gasteiger partial charge is 0.337 e. The van der Waals surface area contributed by atoms with Crippen molar-refractivity contribution in [1.29, 1.82) is 0 Å². The molecule has 1 aliphatic rings. The van der Waals surface area contributed by atoms with Crippen LogP contribution in [-0.4, -0.2) is 49.4 Å². The molecule has 3 rings (SSSR count). The van der Waals surface area contributed by atoms with Crippen LogP contribution in [0.2, 0.25) is 0 Å². The molecule has 0 aliphatic carbocycles. The maximum Gasteiger partial charge on any atom is 0.337 e. The maximum absolute atomic E-state index is 11.6. The quantitative estimate of drug-likeness (QED) is 0.767. The minimum Gasteiger partial charge on any atom is -0.465 e. The van der Waals surface area contributed by atoms with Crippen LogP contribution in [0.5, 0.6) is 0 Å². The molecule has 2 heterocycles. The number of anilines is 1. The minimum absolute atomic E-state index is 0.363. The number of ether oxygens (including phenoxy) is 2. The SMILES string of the molecule is COC(=O)c1ccc2c(N3CCOCC3)ncnc2c1. The van der Waals surface area contributed by atoms with Crippen LogP contribution in [0.3, 0.4) is 0 Å². The fourth-order valence-corrected chi connectivity index (χ4v) is 2.31. The van der Waals surface area contributed by atoms with Gasteiger partial charge in [0.15, 0.2) is 0 Å². The molecule has 0 bridgehead atoms. The normalized spacial score (nSPS) is 15.3. The Labute approximate surface area is 116 Å². The van der Waals surface area contributed by atoms with Crippen LogP contribution in [0.4, 0.5) is 5.82 Å². The van der Waals surface area contributed by atoms with Gasteiger partial charge in [0.25, 0.3) is 0 Å². The van der Waals surface area contributed by atoms with Crippen molar-refractivity contribution in [3.05, 3.63) is 30.1 Å². The van der Waals surface area contributed by atoms with E-state index in [1.165, 1.54) is 13.4 Å². The van der Waals surface area contributed by atoms with Crippen LogP contribution in [0, 0.1) is 0 Å². The summed E-state index contributed by atoms with van der Waals surface area (Å²) in [4.78, 5) is 22.3. The van der Waals surface area contributed by atoms with Gasteiger partial charge in [0, 0.05) is 18.5 Å². The summed E-state index contributed by atoms with van der Waals surface area (Å²) in [5.74, 6) is 0.521. The lowest BCUT2D eigenvalue weighted by molar-refractivity contribution is 0.0601. The highest BCUT2D eigenvalue weighted by Crippen LogP contribution is 2.24. The molecule has 1 aromatic heterocycles. The number of esters is 1. The molecule has 1 aromatic carbocycles. The highest BCUT2D eigenvalue weighted by molar-refractivity contribution is 5.97. The Morgan fingerprint density at radius 1 is 1.30 bits per heavy atom. The summed E-state index contributed by atoms with van der Waals surface area (Å²) in [7, 11) is 1.37. The van der Waals surface area contributed by atoms with E-state index in [0.717, 1.165) is 29.8 Å². The first-order valence-corrected chi connectivity index (χ1v) is 6.45. The Kier molecular flexibility index (Phi) is 3.47. The molecule has 20 heavy (non-hydrogen) atoms. The zero-order chi connectivity index (χ0) is 13.9. The molecule has 0 saturated carbocycles. The maximum atomic E-state index is 11.6. The van der Waals surface area contributed by atoms with Gasteiger partial charge < -0.3 is 14.4 Å². The van der Waals surface area contributed by atoms with Gasteiger partial charge in [-0.15, -0.1) is 0 Å². The van der Waals surface area contributed by atoms with Gasteiger partial charge in [-0.3, -0.25) is 0 Å². The van der Waals surface area contributed by atoms with Crippen molar-refractivity contribution < 1.29 is 14.3 Å². The molecule has 6 heteroatoms. The van der Waals surface area contributed by atoms with E-state index in [0.29, 0.717) is 18.8 Å². The average Bonchev–Trinajstić information content (AvgIpc) is 2.53. The van der Waals surface area contributed by atoms with Crippen LogP contribution in [0.15, 0.2) is 24.5 Å². The summed E-state index contributed by atoms with van der Waals surface area (Å²) in [6.45, 7) is 3.02. The van der Waals surface area contributed by atoms with Crippen LogP contribution in [0.25, 0.3) is 10.9 Å². The number of methoxy groups -OCH3 is 1. The van der Waals surface area contributed by atoms with E-state index in [9.17, 15) is 4.79 Å². The molecule has 0 amide bonds. The third-order valence-corrected chi connectivity index (χ3v) is 3.35. The van der Waals surface area contributed by atoms with Crippen molar-refractivity contribution in [2.45, 2.75) is 0 Å². The molecule has 104 valence electrons. The molecule has 1 saturated heterocycles. The summed E-state index contributed by atoms with van der Waals surface area (Å²) < 4.78 is 10.1. The molecule has 1 fully saturated rings. The van der Waals surface area contributed by atoms with Crippen molar-refractivity contribution in [1.82, 2.24) is 9.97 Å². The fourth-order valence-electron chi connectivity index (χ4n) is 2.31. The Morgan fingerprint density at radius 2 is 2.10 bits per heavy atom. The predicted octanol–water partition coefficient (Wildman–Crippen LogP) is 1.25. The lowest BCUT2D eigenvalue weighted by Crippen LogP contribution is -2.36. The van der Waals surface area contributed by atoms with Gasteiger partial charge in [-0.25, -0.2) is 14.8 Å². The van der Waals surface area contributed by atoms with Crippen LogP contribution in [0.1, 0.15) is 10.4 Å². The monoisotopic (exact) mass is 273 g/mol. The van der Waals surface area contributed by atoms with Gasteiger partial charge in [-0.2, -0.15) is 0 Å². The number of hydrogen-bond acceptors (Lipinski definition) is 6. The van der Waals surface area contributed by atoms with Crippen LogP contribution in [-0.2, 0) is 9.47 Å². The highest BCUT2D eigenvalue weighted by Gasteiger charge is 2.16. The molecule has 0 spiro atoms. The fraction of sp³-hybridized carbons (Fsp3) is 0.357. The number of carbonyl (C=O) groups excluding carboxylic acids is 1. The molecule has 1 aliphatic heterocycles. The Morgan fingerprint density at radius 3 is 2.85 bits per heavy atom. The summed E-state index contributed by atoms with van der Waals surface area (Å²) >= 11 is 0. The average molecular weight is 273 g/mol. The Balaban J connectivity index is 2.03. The lowest BCUT2D eigenvalue weighted by atomic mass is 10.1. The first-order valence-electron chi connectivity index (χ1n) is 6.45. The van der Waals surface area contributed by atoms with E-state index in [-0.39, 0.29) is 5.97 Å². The first-order chi connectivity index (χ1) is 9.79. The summed E-state index contributed by atoms with van der Waals surface area (Å²) in [5, 5.41) is 0.932. The van der Waals surface area contributed by atoms with E-state index < -0.39 is 0 Å². The molecule has 2 aromatic rings. The molecule has 0 unspecified atom stereocenters. The lowest BCUT2D eigenvalue weighted by Gasteiger charge is -2.28. The topological polar surface area (TPSA) is 64.5 Å². The van der Waals surface area contributed by atoms with Crippen molar-refractivity contribution in [2.75, 3.05) is 38.3 Å². The zero-order valence-electron chi connectivity index (χ0n) is 11.2. The molecule has 0 radical (unpaired) electrons. The first kappa shape index (κ1) is 12.8. The second-order valence-electron chi connectivity index (χ2n) is 4.52. The summed E-state index contributed by atoms with van der Waals surface area (Å²) in [5.41, 5.74) is 1.23. The minimum atomic E-state index is -0.363. The third-order valence-electron chi connectivity index (χ3n) is 3.35. The van der Waals surface area contributed by atoms with Crippen molar-refractivity contribution >= 4 is 22.7 Å². The van der Waals surface area contributed by atoms with Crippen LogP contribution >= 0.6 is 0 Å². The molecular weight excluding hydrogens is 258 g/mol. The van der Waals surface area contributed by atoms with Gasteiger partial charge >= 0.3 is 5.97 Å². The number of hydrogen-bond donors (Lipinski definition) is 0. The van der Waals surface area contributed by atoms with Crippen molar-refractivity contribution in [3.63, 3.8) is 0 Å². The largest absolute Gasteiger partial charge is 0.465 e. The number of benzene rings is 1. The predicted molar refractivity (Wildman–Crippen MR) is 73.9 cm³/mol. The molecular formula is C14H15N3O3. The number of aromatic nitrogens is 2. The molecule has 0 atom stereocenters. The summed E-state index contributed by atoms with van der Waals surface area (Å²) in [6.07, 6.45) is 1.52. The highest BCUT2D eigenvalue weighted by atomic mass is 16.5. The van der Waals surface area contributed by atoms with Gasteiger partial charge in [0.1, 0.15) is 12.1 Å². The number of carbonyl (C=O) groups is 1. The van der Waals surface area contributed by atoms with Gasteiger partial charge in [-0.1, -0.05) is 0 Å². The van der Waals surface area contributed by atoms with E-state index in [1.54, 1.807) is 12.1 Å². The molecule has 0 N–H and O–H groups in total. The van der Waals surface area contributed by atoms with Gasteiger partial charge in [0.05, 0.1) is 31.4 Å². The van der Waals surface area contributed by atoms with Crippen molar-refractivity contribution in [3.8, 4) is 0 Å². The third kappa shape index (κ3) is 2.30. The molecule has 6 nitrogen and oxygen atoms in total. The van der Waals surface area contributed by atoms with E-state index >= 15 is 0 Å². The number of nitrogens with zero attached hydrogens (tertiary/aromatic N) is 3. The Bertz CT molecular complexity index is 639. The second kappa shape index (κ2) is 5.42. The van der Waals surface area contributed by atoms with E-state index in [2.05, 4.69) is 14.9 Å². The van der Waals surface area contributed by atoms with Crippen LogP contribution < -0.4 is 4.90 Å². The second-order valence-corrected chi connectivity index (χ2v) is 4.52. The van der Waals surface area contributed by atoms with Gasteiger partial charge in [-0.05, 0) is 18.2 Å². The zero-order valence-corrected chi connectivity index (χ0v) is 11.2. The summed E-state index contributed by atoms with van der Waals surface area (Å²) in [6, 6.07) is 5.33. The van der Waals surface area contributed by atoms with Crippen molar-refractivity contribution in [2.24, 2.45) is 0 Å². The number of rotatable bonds is 2. The van der Waals surface area contributed by atoms with E-state index in [1.807, 2.05) is 6.07 Å². The number of morpholine rings is 1. The number of fused-ring (bicyclic) bond motifs is 1. The standard InChI is InChI=1S/C14H15N3O3/c1-19-14(18)10-2-3-11-12(8-10)15-9-16-13(11)17-4-6-20-7-5-17/h2-3,8-9H,4-7H2,1H3. The van der Waals surface area contributed by atoms with E-state index in [4.69, 9.17) is 9.47 Å². The van der Waals surface area contributed by atoms with Gasteiger partial charge in [0.2, 0.25) is 0 Å².